The van der Waals surface area contributed by atoms with Gasteiger partial charge in [-0.2, -0.15) is 13.2 Å². The van der Waals surface area contributed by atoms with E-state index in [0.717, 1.165) is 17.7 Å². The van der Waals surface area contributed by atoms with Crippen molar-refractivity contribution in [2.75, 3.05) is 18.4 Å². The van der Waals surface area contributed by atoms with Crippen molar-refractivity contribution in [3.05, 3.63) is 71.7 Å². The predicted molar refractivity (Wildman–Crippen MR) is 122 cm³/mol. The average molecular weight is 480 g/mol. The van der Waals surface area contributed by atoms with E-state index in [1.165, 1.54) is 17.0 Å². The number of halogens is 3. The van der Waals surface area contributed by atoms with Crippen molar-refractivity contribution in [2.45, 2.75) is 19.0 Å². The van der Waals surface area contributed by atoms with Crippen molar-refractivity contribution < 1.29 is 23.1 Å². The number of carboxylic acid groups (broad SMARTS) is 1. The molecular weight excluding hydrogens is 461 g/mol. The molecule has 1 aliphatic rings. The van der Waals surface area contributed by atoms with Crippen LogP contribution in [-0.2, 0) is 6.18 Å². The summed E-state index contributed by atoms with van der Waals surface area (Å²) < 4.78 is 38.8. The fraction of sp³-hybridized carbons (Fsp3) is 0.208. The third kappa shape index (κ3) is 4.44. The Hall–Kier alpha value is -4.28. The zero-order valence-corrected chi connectivity index (χ0v) is 18.4. The number of benzene rings is 1. The van der Waals surface area contributed by atoms with Crippen molar-refractivity contribution >= 4 is 28.6 Å². The molecule has 1 saturated heterocycles. The van der Waals surface area contributed by atoms with Crippen LogP contribution in [0, 0.1) is 6.92 Å². The van der Waals surface area contributed by atoms with Crippen LogP contribution < -0.4 is 5.32 Å². The monoisotopic (exact) mass is 480 g/mol. The molecule has 2 N–H and O–H groups in total. The number of hydrogen-bond donors (Lipinski definition) is 2. The molecule has 1 aliphatic heterocycles. The van der Waals surface area contributed by atoms with Gasteiger partial charge in [0.15, 0.2) is 5.65 Å². The second-order valence-corrected chi connectivity index (χ2v) is 8.25. The second-order valence-electron chi connectivity index (χ2n) is 8.25. The predicted octanol–water partition coefficient (Wildman–Crippen LogP) is 5.23. The first kappa shape index (κ1) is 22.5. The Bertz CT molecular complexity index is 1420. The maximum absolute atomic E-state index is 12.9. The van der Waals surface area contributed by atoms with E-state index in [2.05, 4.69) is 25.3 Å². The van der Waals surface area contributed by atoms with Crippen LogP contribution in [0.4, 0.5) is 29.5 Å². The van der Waals surface area contributed by atoms with E-state index in [1.807, 2.05) is 19.1 Å². The number of likely N-dealkylation sites (tertiary alicyclic amines) is 1. The van der Waals surface area contributed by atoms with Crippen LogP contribution in [0.15, 0.2) is 54.7 Å². The topological polar surface area (TPSA) is 104 Å². The van der Waals surface area contributed by atoms with Gasteiger partial charge in [0.25, 0.3) is 0 Å². The summed E-state index contributed by atoms with van der Waals surface area (Å²) in [6.07, 6.45) is -3.78. The van der Waals surface area contributed by atoms with E-state index >= 15 is 0 Å². The van der Waals surface area contributed by atoms with Gasteiger partial charge in [-0.1, -0.05) is 6.07 Å². The Balaban J connectivity index is 1.56. The molecule has 1 amide bonds. The molecule has 0 atom stereocenters. The van der Waals surface area contributed by atoms with Gasteiger partial charge in [0.1, 0.15) is 11.6 Å². The smallest absolute Gasteiger partial charge is 0.416 e. The van der Waals surface area contributed by atoms with Gasteiger partial charge in [-0.25, -0.2) is 19.7 Å². The lowest BCUT2D eigenvalue weighted by molar-refractivity contribution is -0.137. The van der Waals surface area contributed by atoms with Crippen molar-refractivity contribution in [1.29, 1.82) is 0 Å². The van der Waals surface area contributed by atoms with Crippen molar-refractivity contribution in [2.24, 2.45) is 0 Å². The van der Waals surface area contributed by atoms with Crippen LogP contribution in [0.5, 0.6) is 0 Å². The number of nitrogens with zero attached hydrogens (tertiary/aromatic N) is 5. The van der Waals surface area contributed by atoms with Crippen LogP contribution >= 0.6 is 0 Å². The SMILES string of the molecule is Cc1cccnc1-c1ccc2c(Nc3ccc(C(F)(F)F)cc3)nc(C3CN(C(=O)O)C3)nc2n1. The van der Waals surface area contributed by atoms with Crippen molar-refractivity contribution in [3.8, 4) is 11.4 Å². The lowest BCUT2D eigenvalue weighted by Crippen LogP contribution is -2.48. The Morgan fingerprint density at radius 1 is 1.06 bits per heavy atom. The molecule has 0 bridgehead atoms. The van der Waals surface area contributed by atoms with Gasteiger partial charge in [0, 0.05) is 25.0 Å². The fourth-order valence-corrected chi connectivity index (χ4v) is 3.87. The lowest BCUT2D eigenvalue weighted by atomic mass is 10.00. The molecule has 1 aromatic carbocycles. The van der Waals surface area contributed by atoms with Crippen LogP contribution in [0.25, 0.3) is 22.4 Å². The number of anilines is 2. The number of pyridine rings is 2. The zero-order chi connectivity index (χ0) is 24.7. The van der Waals surface area contributed by atoms with Gasteiger partial charge in [-0.05, 0) is 55.0 Å². The maximum atomic E-state index is 12.9. The van der Waals surface area contributed by atoms with Gasteiger partial charge in [0.05, 0.1) is 28.3 Å². The summed E-state index contributed by atoms with van der Waals surface area (Å²) in [6.45, 7) is 2.42. The molecule has 11 heteroatoms. The minimum absolute atomic E-state index is 0.217. The highest BCUT2D eigenvalue weighted by Crippen LogP contribution is 2.33. The molecule has 3 aromatic heterocycles. The summed E-state index contributed by atoms with van der Waals surface area (Å²) >= 11 is 0. The normalized spacial score (nSPS) is 14.1. The van der Waals surface area contributed by atoms with Gasteiger partial charge in [-0.3, -0.25) is 4.98 Å². The highest BCUT2D eigenvalue weighted by Gasteiger charge is 2.34. The quantitative estimate of drug-likeness (QED) is 0.412. The van der Waals surface area contributed by atoms with E-state index in [9.17, 15) is 18.0 Å². The summed E-state index contributed by atoms with van der Waals surface area (Å²) in [5, 5.41) is 12.8. The number of fused-ring (bicyclic) bond motifs is 1. The maximum Gasteiger partial charge on any atom is 0.416 e. The molecule has 0 aliphatic carbocycles. The number of alkyl halides is 3. The number of hydrogen-bond acceptors (Lipinski definition) is 6. The summed E-state index contributed by atoms with van der Waals surface area (Å²) in [7, 11) is 0. The summed E-state index contributed by atoms with van der Waals surface area (Å²) in [6, 6.07) is 12.0. The minimum Gasteiger partial charge on any atom is -0.465 e. The molecule has 4 aromatic rings. The molecule has 0 spiro atoms. The van der Waals surface area contributed by atoms with Crippen molar-refractivity contribution in [3.63, 3.8) is 0 Å². The van der Waals surface area contributed by atoms with Crippen molar-refractivity contribution in [1.82, 2.24) is 24.8 Å². The Morgan fingerprint density at radius 2 is 1.80 bits per heavy atom. The minimum atomic E-state index is -4.43. The van der Waals surface area contributed by atoms with E-state index in [4.69, 9.17) is 5.11 Å². The number of amides is 1. The molecule has 0 radical (unpaired) electrons. The summed E-state index contributed by atoms with van der Waals surface area (Å²) in [5.74, 6) is 0.563. The number of carbonyl (C=O) groups is 1. The molecule has 5 rings (SSSR count). The highest BCUT2D eigenvalue weighted by atomic mass is 19.4. The van der Waals surface area contributed by atoms with E-state index < -0.39 is 17.8 Å². The van der Waals surface area contributed by atoms with Gasteiger partial charge in [-0.15, -0.1) is 0 Å². The Labute approximate surface area is 197 Å². The van der Waals surface area contributed by atoms with Gasteiger partial charge >= 0.3 is 12.3 Å². The highest BCUT2D eigenvalue weighted by molar-refractivity contribution is 5.90. The Morgan fingerprint density at radius 3 is 2.46 bits per heavy atom. The van der Waals surface area contributed by atoms with Crippen LogP contribution in [0.1, 0.15) is 22.9 Å². The number of rotatable bonds is 4. The van der Waals surface area contributed by atoms with Gasteiger partial charge < -0.3 is 15.3 Å². The molecule has 4 heterocycles. The standard InChI is InChI=1S/C24H19F3N6O2/c1-13-3-2-10-28-19(13)18-9-8-17-21(29-16-6-4-15(5-7-16)24(25,26)27)31-20(32-22(17)30-18)14-11-33(12-14)23(34)35/h2-10,14H,11-12H2,1H3,(H,34,35)(H,29,30,31,32). The first-order valence-corrected chi connectivity index (χ1v) is 10.7. The molecule has 8 nitrogen and oxygen atoms in total. The molecule has 1 fully saturated rings. The summed E-state index contributed by atoms with van der Waals surface area (Å²) in [4.78, 5) is 30.7. The third-order valence-electron chi connectivity index (χ3n) is 5.82. The van der Waals surface area contributed by atoms with Gasteiger partial charge in [0.2, 0.25) is 0 Å². The second kappa shape index (κ2) is 8.49. The van der Waals surface area contributed by atoms with E-state index in [1.54, 1.807) is 18.3 Å². The molecular formula is C24H19F3N6O2. The van der Waals surface area contributed by atoms with E-state index in [-0.39, 0.29) is 19.0 Å². The lowest BCUT2D eigenvalue weighted by Gasteiger charge is -2.36. The first-order valence-electron chi connectivity index (χ1n) is 10.7. The van der Waals surface area contributed by atoms with E-state index in [0.29, 0.717) is 39.8 Å². The third-order valence-corrected chi connectivity index (χ3v) is 5.82. The molecule has 0 saturated carbocycles. The largest absolute Gasteiger partial charge is 0.465 e. The average Bonchev–Trinajstić information content (AvgIpc) is 2.77. The fourth-order valence-electron chi connectivity index (χ4n) is 3.87. The van der Waals surface area contributed by atoms with Crippen LogP contribution in [-0.4, -0.2) is 49.1 Å². The number of aromatic nitrogens is 4. The first-order chi connectivity index (χ1) is 16.7. The number of nitrogens with one attached hydrogen (secondary N) is 1. The molecule has 178 valence electrons. The van der Waals surface area contributed by atoms with Crippen LogP contribution in [0.2, 0.25) is 0 Å². The molecule has 0 unspecified atom stereocenters. The molecule has 35 heavy (non-hydrogen) atoms. The number of aryl methyl sites for hydroxylation is 1. The summed E-state index contributed by atoms with van der Waals surface area (Å²) in [5.41, 5.74) is 2.29. The van der Waals surface area contributed by atoms with Crippen LogP contribution in [0.3, 0.4) is 0 Å². The zero-order valence-electron chi connectivity index (χ0n) is 18.4. The Kier molecular flexibility index (Phi) is 5.46.